The standard InChI is InChI=1S/C17H20ClNO2/c1-4-5-9-16-14(11-12(2)18)13-8-6-7-10-15(13)19(16)17(20)21-3/h6-8,10H,2,4-5,9,11H2,1,3H3. The van der Waals surface area contributed by atoms with Gasteiger partial charge in [0.15, 0.2) is 0 Å². The number of rotatable bonds is 5. The van der Waals surface area contributed by atoms with Crippen LogP contribution in [0.2, 0.25) is 0 Å². The number of benzene rings is 1. The third-order valence-corrected chi connectivity index (χ3v) is 3.71. The summed E-state index contributed by atoms with van der Waals surface area (Å²) in [5.41, 5.74) is 2.92. The summed E-state index contributed by atoms with van der Waals surface area (Å²) in [6.07, 6.45) is 3.09. The van der Waals surface area contributed by atoms with Crippen molar-refractivity contribution >= 4 is 28.6 Å². The lowest BCUT2D eigenvalue weighted by Crippen LogP contribution is -2.15. The first-order valence-electron chi connectivity index (χ1n) is 7.12. The second-order valence-electron chi connectivity index (χ2n) is 5.05. The van der Waals surface area contributed by atoms with Crippen LogP contribution in [0.15, 0.2) is 35.9 Å². The first kappa shape index (κ1) is 15.6. The highest BCUT2D eigenvalue weighted by Gasteiger charge is 2.21. The summed E-state index contributed by atoms with van der Waals surface area (Å²) in [4.78, 5) is 12.2. The lowest BCUT2D eigenvalue weighted by molar-refractivity contribution is 0.173. The van der Waals surface area contributed by atoms with E-state index in [1.54, 1.807) is 4.57 Å². The third-order valence-electron chi connectivity index (χ3n) is 3.58. The smallest absolute Gasteiger partial charge is 0.418 e. The second kappa shape index (κ2) is 6.81. The van der Waals surface area contributed by atoms with Crippen molar-refractivity contribution in [3.8, 4) is 0 Å². The van der Waals surface area contributed by atoms with Crippen LogP contribution < -0.4 is 0 Å². The molecule has 0 saturated carbocycles. The molecule has 1 heterocycles. The lowest BCUT2D eigenvalue weighted by Gasteiger charge is -2.09. The zero-order valence-electron chi connectivity index (χ0n) is 12.5. The van der Waals surface area contributed by atoms with Gasteiger partial charge in [0.05, 0.1) is 12.6 Å². The zero-order valence-corrected chi connectivity index (χ0v) is 13.2. The van der Waals surface area contributed by atoms with Crippen molar-refractivity contribution in [3.05, 3.63) is 47.1 Å². The van der Waals surface area contributed by atoms with E-state index in [2.05, 4.69) is 13.5 Å². The summed E-state index contributed by atoms with van der Waals surface area (Å²) < 4.78 is 6.62. The number of unbranched alkanes of at least 4 members (excludes halogenated alkanes) is 1. The minimum atomic E-state index is -0.358. The Balaban J connectivity index is 2.70. The Morgan fingerprint density at radius 1 is 1.38 bits per heavy atom. The average Bonchev–Trinajstić information content (AvgIpc) is 2.78. The van der Waals surface area contributed by atoms with Gasteiger partial charge in [-0.05, 0) is 24.5 Å². The van der Waals surface area contributed by atoms with Gasteiger partial charge in [-0.3, -0.25) is 0 Å². The average molecular weight is 306 g/mol. The fourth-order valence-corrected chi connectivity index (χ4v) is 2.79. The molecule has 112 valence electrons. The molecule has 0 aliphatic carbocycles. The monoisotopic (exact) mass is 305 g/mol. The lowest BCUT2D eigenvalue weighted by atomic mass is 10.0. The van der Waals surface area contributed by atoms with Gasteiger partial charge in [-0.2, -0.15) is 0 Å². The fourth-order valence-electron chi connectivity index (χ4n) is 2.66. The normalized spacial score (nSPS) is 10.8. The highest BCUT2D eigenvalue weighted by molar-refractivity contribution is 6.29. The van der Waals surface area contributed by atoms with E-state index < -0.39 is 0 Å². The topological polar surface area (TPSA) is 31.2 Å². The van der Waals surface area contributed by atoms with Crippen molar-refractivity contribution in [2.24, 2.45) is 0 Å². The molecule has 0 atom stereocenters. The number of allylic oxidation sites excluding steroid dienone is 1. The van der Waals surface area contributed by atoms with Crippen LogP contribution in [-0.4, -0.2) is 17.8 Å². The van der Waals surface area contributed by atoms with Crippen LogP contribution in [0.4, 0.5) is 4.79 Å². The Morgan fingerprint density at radius 2 is 2.10 bits per heavy atom. The highest BCUT2D eigenvalue weighted by Crippen LogP contribution is 2.30. The van der Waals surface area contributed by atoms with Gasteiger partial charge in [0.1, 0.15) is 0 Å². The van der Waals surface area contributed by atoms with Crippen molar-refractivity contribution in [3.63, 3.8) is 0 Å². The van der Waals surface area contributed by atoms with E-state index in [0.29, 0.717) is 11.5 Å². The molecule has 4 heteroatoms. The number of fused-ring (bicyclic) bond motifs is 1. The van der Waals surface area contributed by atoms with Crippen molar-refractivity contribution in [1.82, 2.24) is 4.57 Å². The number of hydrogen-bond acceptors (Lipinski definition) is 2. The molecule has 0 radical (unpaired) electrons. The molecule has 21 heavy (non-hydrogen) atoms. The number of para-hydroxylation sites is 1. The molecule has 0 fully saturated rings. The Labute approximate surface area is 130 Å². The van der Waals surface area contributed by atoms with E-state index in [0.717, 1.165) is 41.4 Å². The van der Waals surface area contributed by atoms with Gasteiger partial charge in [0.2, 0.25) is 0 Å². The minimum Gasteiger partial charge on any atom is -0.452 e. The van der Waals surface area contributed by atoms with E-state index in [1.807, 2.05) is 24.3 Å². The number of halogens is 1. The quantitative estimate of drug-likeness (QED) is 0.787. The highest BCUT2D eigenvalue weighted by atomic mass is 35.5. The van der Waals surface area contributed by atoms with Gasteiger partial charge in [-0.25, -0.2) is 9.36 Å². The summed E-state index contributed by atoms with van der Waals surface area (Å²) in [5.74, 6) is 0. The predicted octanol–water partition coefficient (Wildman–Crippen LogP) is 4.89. The van der Waals surface area contributed by atoms with Crippen molar-refractivity contribution in [2.75, 3.05) is 7.11 Å². The summed E-state index contributed by atoms with van der Waals surface area (Å²) in [6, 6.07) is 7.83. The van der Waals surface area contributed by atoms with Gasteiger partial charge < -0.3 is 4.74 Å². The van der Waals surface area contributed by atoms with Gasteiger partial charge >= 0.3 is 6.09 Å². The molecule has 0 unspecified atom stereocenters. The molecule has 0 aliphatic rings. The molecule has 1 aromatic heterocycles. The molecular formula is C17H20ClNO2. The molecule has 0 bridgehead atoms. The second-order valence-corrected chi connectivity index (χ2v) is 5.58. The molecule has 1 aromatic carbocycles. The third kappa shape index (κ3) is 3.13. The Hall–Kier alpha value is -1.74. The molecule has 0 spiro atoms. The van der Waals surface area contributed by atoms with Gasteiger partial charge in [0.25, 0.3) is 0 Å². The SMILES string of the molecule is C=C(Cl)Cc1c(CCCC)n(C(=O)OC)c2ccccc12. The molecule has 2 aromatic rings. The molecule has 0 saturated heterocycles. The van der Waals surface area contributed by atoms with Crippen LogP contribution in [0.25, 0.3) is 10.9 Å². The fraction of sp³-hybridized carbons (Fsp3) is 0.353. The summed E-state index contributed by atoms with van der Waals surface area (Å²) >= 11 is 6.02. The van der Waals surface area contributed by atoms with Crippen molar-refractivity contribution in [2.45, 2.75) is 32.6 Å². The van der Waals surface area contributed by atoms with Crippen molar-refractivity contribution in [1.29, 1.82) is 0 Å². The zero-order chi connectivity index (χ0) is 15.4. The van der Waals surface area contributed by atoms with E-state index in [9.17, 15) is 4.79 Å². The summed E-state index contributed by atoms with van der Waals surface area (Å²) in [7, 11) is 1.40. The first-order valence-corrected chi connectivity index (χ1v) is 7.50. The van der Waals surface area contributed by atoms with Crippen LogP contribution in [0.3, 0.4) is 0 Å². The van der Waals surface area contributed by atoms with Crippen LogP contribution in [-0.2, 0) is 17.6 Å². The number of carbonyl (C=O) groups excluding carboxylic acids is 1. The molecule has 3 nitrogen and oxygen atoms in total. The number of methoxy groups -OCH3 is 1. The number of carbonyl (C=O) groups is 1. The van der Waals surface area contributed by atoms with E-state index in [-0.39, 0.29) is 6.09 Å². The summed E-state index contributed by atoms with van der Waals surface area (Å²) in [5, 5.41) is 1.61. The Kier molecular flexibility index (Phi) is 5.07. The molecule has 0 amide bonds. The Bertz CT molecular complexity index is 673. The van der Waals surface area contributed by atoms with Gasteiger partial charge in [-0.1, -0.05) is 49.7 Å². The molecule has 0 N–H and O–H groups in total. The van der Waals surface area contributed by atoms with Gasteiger partial charge in [0, 0.05) is 22.5 Å². The van der Waals surface area contributed by atoms with Crippen LogP contribution in [0.5, 0.6) is 0 Å². The molecular weight excluding hydrogens is 286 g/mol. The van der Waals surface area contributed by atoms with E-state index in [1.165, 1.54) is 7.11 Å². The number of nitrogens with zero attached hydrogens (tertiary/aromatic N) is 1. The van der Waals surface area contributed by atoms with Crippen LogP contribution in [0, 0.1) is 0 Å². The minimum absolute atomic E-state index is 0.358. The first-order chi connectivity index (χ1) is 10.1. The largest absolute Gasteiger partial charge is 0.452 e. The number of hydrogen-bond donors (Lipinski definition) is 0. The van der Waals surface area contributed by atoms with Crippen LogP contribution >= 0.6 is 11.6 Å². The molecule has 2 rings (SSSR count). The van der Waals surface area contributed by atoms with E-state index in [4.69, 9.17) is 16.3 Å². The number of aromatic nitrogens is 1. The van der Waals surface area contributed by atoms with Crippen molar-refractivity contribution < 1.29 is 9.53 Å². The summed E-state index contributed by atoms with van der Waals surface area (Å²) in [6.45, 7) is 5.92. The maximum Gasteiger partial charge on any atom is 0.418 e. The predicted molar refractivity (Wildman–Crippen MR) is 87.1 cm³/mol. The molecule has 0 aliphatic heterocycles. The van der Waals surface area contributed by atoms with E-state index >= 15 is 0 Å². The maximum atomic E-state index is 12.2. The van der Waals surface area contributed by atoms with Gasteiger partial charge in [-0.15, -0.1) is 0 Å². The van der Waals surface area contributed by atoms with Crippen LogP contribution in [0.1, 0.15) is 31.0 Å². The maximum absolute atomic E-state index is 12.2. The Morgan fingerprint density at radius 3 is 2.71 bits per heavy atom. The number of ether oxygens (including phenoxy) is 1.